The van der Waals surface area contributed by atoms with Gasteiger partial charge in [0.05, 0.1) is 6.54 Å². The van der Waals surface area contributed by atoms with Crippen molar-refractivity contribution in [1.29, 1.82) is 0 Å². The molecule has 0 aliphatic carbocycles. The fourth-order valence-corrected chi connectivity index (χ4v) is 3.46. The largest absolute Gasteiger partial charge is 0.477 e. The van der Waals surface area contributed by atoms with Crippen LogP contribution in [0.5, 0.6) is 0 Å². The lowest BCUT2D eigenvalue weighted by Crippen LogP contribution is -2.28. The minimum absolute atomic E-state index is 0.412. The summed E-state index contributed by atoms with van der Waals surface area (Å²) in [4.78, 5) is 14.8. The minimum atomic E-state index is -0.842. The van der Waals surface area contributed by atoms with E-state index >= 15 is 0 Å². The minimum Gasteiger partial charge on any atom is -0.477 e. The van der Waals surface area contributed by atoms with Crippen molar-refractivity contribution >= 4 is 23.0 Å². The lowest BCUT2D eigenvalue weighted by Gasteiger charge is -2.24. The van der Waals surface area contributed by atoms with E-state index < -0.39 is 5.97 Å². The molecule has 4 heteroatoms. The second-order valence-corrected chi connectivity index (χ2v) is 6.05. The standard InChI is InChI=1S/C15H15NO2S/c1-10-8-11-4-2-3-5-13(11)16(10)9-12-6-7-14(19-12)15(17)18/h2-7,10H,8-9H2,1H3,(H,17,18). The van der Waals surface area contributed by atoms with E-state index in [1.807, 2.05) is 6.07 Å². The number of carboxylic acids is 1. The van der Waals surface area contributed by atoms with Crippen LogP contribution in [0.1, 0.15) is 27.0 Å². The van der Waals surface area contributed by atoms with Gasteiger partial charge in [-0.15, -0.1) is 11.3 Å². The Labute approximate surface area is 116 Å². The third-order valence-corrected chi connectivity index (χ3v) is 4.61. The summed E-state index contributed by atoms with van der Waals surface area (Å²) in [6, 6.07) is 12.5. The monoisotopic (exact) mass is 273 g/mol. The number of fused-ring (bicyclic) bond motifs is 1. The summed E-state index contributed by atoms with van der Waals surface area (Å²) in [6.45, 7) is 3.00. The van der Waals surface area contributed by atoms with Gasteiger partial charge in [0.2, 0.25) is 0 Å². The van der Waals surface area contributed by atoms with Crippen molar-refractivity contribution in [3.63, 3.8) is 0 Å². The number of anilines is 1. The predicted molar refractivity (Wildman–Crippen MR) is 77.1 cm³/mol. The average molecular weight is 273 g/mol. The van der Waals surface area contributed by atoms with E-state index in [1.54, 1.807) is 6.07 Å². The van der Waals surface area contributed by atoms with Gasteiger partial charge >= 0.3 is 5.97 Å². The first-order valence-corrected chi connectivity index (χ1v) is 7.13. The third kappa shape index (κ3) is 2.24. The second-order valence-electron chi connectivity index (χ2n) is 4.88. The molecule has 0 bridgehead atoms. The molecule has 2 aromatic rings. The number of hydrogen-bond donors (Lipinski definition) is 1. The summed E-state index contributed by atoms with van der Waals surface area (Å²) in [5.41, 5.74) is 2.66. The SMILES string of the molecule is CC1Cc2ccccc2N1Cc1ccc(C(=O)O)s1. The Morgan fingerprint density at radius 3 is 2.89 bits per heavy atom. The zero-order chi connectivity index (χ0) is 13.4. The number of carbonyl (C=O) groups is 1. The van der Waals surface area contributed by atoms with E-state index in [4.69, 9.17) is 5.11 Å². The van der Waals surface area contributed by atoms with Crippen molar-refractivity contribution in [2.75, 3.05) is 4.90 Å². The van der Waals surface area contributed by atoms with Crippen LogP contribution in [0.15, 0.2) is 36.4 Å². The highest BCUT2D eigenvalue weighted by Crippen LogP contribution is 2.34. The highest BCUT2D eigenvalue weighted by molar-refractivity contribution is 7.13. The number of para-hydroxylation sites is 1. The maximum absolute atomic E-state index is 10.9. The zero-order valence-corrected chi connectivity index (χ0v) is 11.5. The maximum atomic E-state index is 10.9. The van der Waals surface area contributed by atoms with E-state index in [0.717, 1.165) is 17.8 Å². The summed E-state index contributed by atoms with van der Waals surface area (Å²) >= 11 is 1.36. The Kier molecular flexibility index (Phi) is 3.03. The van der Waals surface area contributed by atoms with Crippen LogP contribution in [0, 0.1) is 0 Å². The van der Waals surface area contributed by atoms with Gasteiger partial charge in [-0.2, -0.15) is 0 Å². The lowest BCUT2D eigenvalue weighted by molar-refractivity contribution is 0.0702. The molecular weight excluding hydrogens is 258 g/mol. The molecule has 1 N–H and O–H groups in total. The molecule has 1 aliphatic heterocycles. The van der Waals surface area contributed by atoms with Gasteiger partial charge in [0.25, 0.3) is 0 Å². The predicted octanol–water partition coefficient (Wildman–Crippen LogP) is 3.40. The highest BCUT2D eigenvalue weighted by atomic mass is 32.1. The first-order valence-electron chi connectivity index (χ1n) is 6.31. The molecule has 2 heterocycles. The number of benzene rings is 1. The molecule has 0 spiro atoms. The van der Waals surface area contributed by atoms with Gasteiger partial charge in [0, 0.05) is 16.6 Å². The van der Waals surface area contributed by atoms with Crippen LogP contribution in [0.25, 0.3) is 0 Å². The Balaban J connectivity index is 1.85. The third-order valence-electron chi connectivity index (χ3n) is 3.55. The molecule has 19 heavy (non-hydrogen) atoms. The van der Waals surface area contributed by atoms with Crippen LogP contribution in [0.2, 0.25) is 0 Å². The number of nitrogens with zero attached hydrogens (tertiary/aromatic N) is 1. The number of hydrogen-bond acceptors (Lipinski definition) is 3. The molecule has 1 aromatic carbocycles. The summed E-state index contributed by atoms with van der Waals surface area (Å²) < 4.78 is 0. The van der Waals surface area contributed by atoms with E-state index in [2.05, 4.69) is 36.1 Å². The molecule has 0 saturated heterocycles. The van der Waals surface area contributed by atoms with Crippen molar-refractivity contribution in [2.24, 2.45) is 0 Å². The van der Waals surface area contributed by atoms with Crippen molar-refractivity contribution < 1.29 is 9.90 Å². The van der Waals surface area contributed by atoms with Crippen LogP contribution in [-0.2, 0) is 13.0 Å². The molecule has 0 amide bonds. The first-order chi connectivity index (χ1) is 9.15. The molecule has 0 saturated carbocycles. The Morgan fingerprint density at radius 2 is 2.16 bits per heavy atom. The van der Waals surface area contributed by atoms with Crippen molar-refractivity contribution in [1.82, 2.24) is 0 Å². The summed E-state index contributed by atoms with van der Waals surface area (Å²) in [6.07, 6.45) is 1.06. The lowest BCUT2D eigenvalue weighted by atomic mass is 10.1. The van der Waals surface area contributed by atoms with E-state index in [0.29, 0.717) is 10.9 Å². The average Bonchev–Trinajstić information content (AvgIpc) is 2.96. The molecule has 3 rings (SSSR count). The zero-order valence-electron chi connectivity index (χ0n) is 10.7. The molecule has 0 radical (unpaired) electrons. The van der Waals surface area contributed by atoms with Crippen LogP contribution < -0.4 is 4.90 Å². The van der Waals surface area contributed by atoms with Crippen LogP contribution in [0.3, 0.4) is 0 Å². The number of rotatable bonds is 3. The maximum Gasteiger partial charge on any atom is 0.345 e. The second kappa shape index (κ2) is 4.70. The number of aromatic carboxylic acids is 1. The normalized spacial score (nSPS) is 17.5. The highest BCUT2D eigenvalue weighted by Gasteiger charge is 2.25. The fraction of sp³-hybridized carbons (Fsp3) is 0.267. The van der Waals surface area contributed by atoms with Crippen LogP contribution in [-0.4, -0.2) is 17.1 Å². The molecule has 3 nitrogen and oxygen atoms in total. The summed E-state index contributed by atoms with van der Waals surface area (Å²) in [5, 5.41) is 8.97. The van der Waals surface area contributed by atoms with E-state index in [-0.39, 0.29) is 0 Å². The van der Waals surface area contributed by atoms with Gasteiger partial charge in [-0.25, -0.2) is 4.79 Å². The van der Waals surface area contributed by atoms with Gasteiger partial charge in [0.1, 0.15) is 4.88 Å². The summed E-state index contributed by atoms with van der Waals surface area (Å²) in [5.74, 6) is -0.842. The Hall–Kier alpha value is -1.81. The van der Waals surface area contributed by atoms with Gasteiger partial charge in [0.15, 0.2) is 0 Å². The topological polar surface area (TPSA) is 40.5 Å². The summed E-state index contributed by atoms with van der Waals surface area (Å²) in [7, 11) is 0. The molecule has 98 valence electrons. The van der Waals surface area contributed by atoms with Crippen molar-refractivity contribution in [3.05, 3.63) is 51.7 Å². The van der Waals surface area contributed by atoms with Gasteiger partial charge in [-0.05, 0) is 37.1 Å². The van der Waals surface area contributed by atoms with Crippen molar-refractivity contribution in [3.8, 4) is 0 Å². The number of thiophene rings is 1. The van der Waals surface area contributed by atoms with Gasteiger partial charge in [-0.1, -0.05) is 18.2 Å². The molecule has 1 aromatic heterocycles. The molecule has 0 fully saturated rings. The molecule has 1 aliphatic rings. The van der Waals surface area contributed by atoms with E-state index in [9.17, 15) is 4.79 Å². The van der Waals surface area contributed by atoms with Gasteiger partial charge < -0.3 is 10.0 Å². The number of carboxylic acid groups (broad SMARTS) is 1. The Bertz CT molecular complexity index is 620. The molecule has 1 unspecified atom stereocenters. The quantitative estimate of drug-likeness (QED) is 0.931. The van der Waals surface area contributed by atoms with Crippen LogP contribution in [0.4, 0.5) is 5.69 Å². The smallest absolute Gasteiger partial charge is 0.345 e. The molecular formula is C15H15NO2S. The Morgan fingerprint density at radius 1 is 1.37 bits per heavy atom. The van der Waals surface area contributed by atoms with Gasteiger partial charge in [-0.3, -0.25) is 0 Å². The van der Waals surface area contributed by atoms with Crippen LogP contribution >= 0.6 is 11.3 Å². The first kappa shape index (κ1) is 12.2. The fourth-order valence-electron chi connectivity index (χ4n) is 2.62. The van der Waals surface area contributed by atoms with E-state index in [1.165, 1.54) is 22.6 Å². The molecule has 1 atom stereocenters. The van der Waals surface area contributed by atoms with Crippen molar-refractivity contribution in [2.45, 2.75) is 25.9 Å².